The van der Waals surface area contributed by atoms with Gasteiger partial charge in [-0.05, 0) is 43.0 Å². The van der Waals surface area contributed by atoms with Crippen LogP contribution in [0.4, 0.5) is 0 Å². The molecule has 0 radical (unpaired) electrons. The summed E-state index contributed by atoms with van der Waals surface area (Å²) in [5, 5.41) is 0. The maximum atomic E-state index is 13.1. The third-order valence-corrected chi connectivity index (χ3v) is 5.49. The van der Waals surface area contributed by atoms with Gasteiger partial charge >= 0.3 is 0 Å². The highest BCUT2D eigenvalue weighted by molar-refractivity contribution is 5.77. The number of likely N-dealkylation sites (tertiary alicyclic amines) is 1. The Morgan fingerprint density at radius 3 is 2.67 bits per heavy atom. The van der Waals surface area contributed by atoms with E-state index in [0.29, 0.717) is 18.6 Å². The fourth-order valence-corrected chi connectivity index (χ4v) is 4.07. The van der Waals surface area contributed by atoms with Crippen molar-refractivity contribution < 1.29 is 14.3 Å². The molecule has 1 atom stereocenters. The molecule has 0 N–H and O–H groups in total. The highest BCUT2D eigenvalue weighted by Crippen LogP contribution is 2.33. The molecule has 1 fully saturated rings. The van der Waals surface area contributed by atoms with Crippen molar-refractivity contribution in [2.24, 2.45) is 7.05 Å². The molecule has 1 aromatic carbocycles. The Labute approximate surface area is 161 Å². The second kappa shape index (κ2) is 8.98. The average Bonchev–Trinajstić information content (AvgIpc) is 2.97. The van der Waals surface area contributed by atoms with E-state index >= 15 is 0 Å². The molecule has 1 amide bonds. The van der Waals surface area contributed by atoms with Gasteiger partial charge in [0.2, 0.25) is 5.91 Å². The molecule has 1 saturated heterocycles. The molecule has 146 valence electrons. The number of methoxy groups -OCH3 is 2. The van der Waals surface area contributed by atoms with Crippen molar-refractivity contribution in [3.05, 3.63) is 47.8 Å². The van der Waals surface area contributed by atoms with E-state index in [1.54, 1.807) is 14.2 Å². The number of benzene rings is 1. The molecule has 3 rings (SSSR count). The zero-order valence-corrected chi connectivity index (χ0v) is 16.6. The Morgan fingerprint density at radius 2 is 1.96 bits per heavy atom. The number of ether oxygens (including phenoxy) is 2. The van der Waals surface area contributed by atoms with Gasteiger partial charge in [0.05, 0.1) is 20.3 Å². The molecule has 0 spiro atoms. The van der Waals surface area contributed by atoms with Gasteiger partial charge in [0, 0.05) is 31.9 Å². The highest BCUT2D eigenvalue weighted by Gasteiger charge is 2.28. The Bertz CT molecular complexity index is 769. The van der Waals surface area contributed by atoms with Crippen molar-refractivity contribution in [2.45, 2.75) is 44.6 Å². The second-order valence-electron chi connectivity index (χ2n) is 7.15. The van der Waals surface area contributed by atoms with Crippen LogP contribution in [0.15, 0.2) is 36.5 Å². The number of rotatable bonds is 6. The summed E-state index contributed by atoms with van der Waals surface area (Å²) in [6.45, 7) is 0.837. The number of para-hydroxylation sites is 1. The number of hydrogen-bond acceptors (Lipinski definition) is 3. The van der Waals surface area contributed by atoms with Crippen LogP contribution in [-0.2, 0) is 18.3 Å². The normalized spacial score (nSPS) is 17.4. The first-order chi connectivity index (χ1) is 13.2. The molecular formula is C22H30N2O3. The van der Waals surface area contributed by atoms with Crippen molar-refractivity contribution in [3.8, 4) is 11.5 Å². The number of amides is 1. The lowest BCUT2D eigenvalue weighted by molar-refractivity contribution is -0.133. The van der Waals surface area contributed by atoms with Crippen molar-refractivity contribution in [3.63, 3.8) is 0 Å². The minimum atomic E-state index is 0.173. The maximum Gasteiger partial charge on any atom is 0.223 e. The first kappa shape index (κ1) is 19.3. The first-order valence-electron chi connectivity index (χ1n) is 9.76. The smallest absolute Gasteiger partial charge is 0.223 e. The van der Waals surface area contributed by atoms with E-state index in [0.717, 1.165) is 30.7 Å². The van der Waals surface area contributed by atoms with Crippen LogP contribution in [0.25, 0.3) is 0 Å². The molecule has 0 saturated carbocycles. The largest absolute Gasteiger partial charge is 0.493 e. The highest BCUT2D eigenvalue weighted by atomic mass is 16.5. The predicted molar refractivity (Wildman–Crippen MR) is 106 cm³/mol. The molecule has 1 aliphatic rings. The quantitative estimate of drug-likeness (QED) is 0.768. The van der Waals surface area contributed by atoms with E-state index in [2.05, 4.69) is 34.8 Å². The van der Waals surface area contributed by atoms with Crippen LogP contribution in [0.2, 0.25) is 0 Å². The number of hydrogen-bond donors (Lipinski definition) is 0. The molecule has 5 nitrogen and oxygen atoms in total. The van der Waals surface area contributed by atoms with Gasteiger partial charge in [-0.15, -0.1) is 0 Å². The van der Waals surface area contributed by atoms with E-state index in [1.807, 2.05) is 18.2 Å². The van der Waals surface area contributed by atoms with Crippen LogP contribution < -0.4 is 9.47 Å². The number of aromatic nitrogens is 1. The van der Waals surface area contributed by atoms with Crippen LogP contribution in [0.3, 0.4) is 0 Å². The number of carbonyl (C=O) groups excluding carboxylic acids is 1. The van der Waals surface area contributed by atoms with Crippen molar-refractivity contribution in [1.29, 1.82) is 0 Å². The summed E-state index contributed by atoms with van der Waals surface area (Å²) in [6.07, 6.45) is 7.66. The van der Waals surface area contributed by atoms with E-state index in [4.69, 9.17) is 9.47 Å². The predicted octanol–water partition coefficient (Wildman–Crippen LogP) is 4.12. The fourth-order valence-electron chi connectivity index (χ4n) is 4.07. The van der Waals surface area contributed by atoms with Gasteiger partial charge in [-0.2, -0.15) is 0 Å². The summed E-state index contributed by atoms with van der Waals surface area (Å²) < 4.78 is 13.0. The minimum Gasteiger partial charge on any atom is -0.493 e. The van der Waals surface area contributed by atoms with E-state index in [9.17, 15) is 4.79 Å². The van der Waals surface area contributed by atoms with Crippen molar-refractivity contribution in [2.75, 3.05) is 20.8 Å². The van der Waals surface area contributed by atoms with Crippen molar-refractivity contribution >= 4 is 5.91 Å². The summed E-state index contributed by atoms with van der Waals surface area (Å²) in [4.78, 5) is 15.2. The van der Waals surface area contributed by atoms with Crippen molar-refractivity contribution in [1.82, 2.24) is 9.47 Å². The van der Waals surface area contributed by atoms with Gasteiger partial charge in [0.1, 0.15) is 0 Å². The number of aryl methyl sites for hydroxylation is 2. The lowest BCUT2D eigenvalue weighted by Crippen LogP contribution is -2.35. The van der Waals surface area contributed by atoms with Crippen LogP contribution >= 0.6 is 0 Å². The maximum absolute atomic E-state index is 13.1. The molecule has 1 aromatic heterocycles. The van der Waals surface area contributed by atoms with Crippen LogP contribution in [0.5, 0.6) is 11.5 Å². The summed E-state index contributed by atoms with van der Waals surface area (Å²) in [5.41, 5.74) is 2.24. The van der Waals surface area contributed by atoms with Gasteiger partial charge in [0.15, 0.2) is 11.5 Å². The number of carbonyl (C=O) groups is 1. The third-order valence-electron chi connectivity index (χ3n) is 5.49. The van der Waals surface area contributed by atoms with Gasteiger partial charge in [0.25, 0.3) is 0 Å². The van der Waals surface area contributed by atoms with Crippen LogP contribution in [-0.4, -0.2) is 36.1 Å². The molecule has 1 unspecified atom stereocenters. The number of nitrogens with zero attached hydrogens (tertiary/aromatic N) is 2. The molecule has 0 bridgehead atoms. The Hall–Kier alpha value is -2.43. The monoisotopic (exact) mass is 370 g/mol. The Balaban J connectivity index is 1.75. The molecule has 2 heterocycles. The van der Waals surface area contributed by atoms with E-state index in [-0.39, 0.29) is 11.9 Å². The standard InChI is InChI=1S/C22H30N2O3/c1-23-15-8-11-18(23)19-10-5-4-6-16-24(19)21(25)14-13-17-9-7-12-20(26-2)22(17)27-3/h7-9,11-12,15,19H,4-6,10,13-14,16H2,1-3H3. The summed E-state index contributed by atoms with van der Waals surface area (Å²) in [6, 6.07) is 10.2. The SMILES string of the molecule is COc1cccc(CCC(=O)N2CCCCCC2c2cccn2C)c1OC. The zero-order valence-electron chi connectivity index (χ0n) is 16.6. The minimum absolute atomic E-state index is 0.173. The summed E-state index contributed by atoms with van der Waals surface area (Å²) in [7, 11) is 5.34. The van der Waals surface area contributed by atoms with E-state index in [1.165, 1.54) is 18.5 Å². The van der Waals surface area contributed by atoms with Gasteiger partial charge in [-0.1, -0.05) is 25.0 Å². The van der Waals surface area contributed by atoms with Gasteiger partial charge in [-0.25, -0.2) is 0 Å². The summed E-state index contributed by atoms with van der Waals surface area (Å²) in [5.74, 6) is 1.65. The molecule has 1 aliphatic heterocycles. The topological polar surface area (TPSA) is 43.7 Å². The average molecular weight is 370 g/mol. The Kier molecular flexibility index (Phi) is 6.43. The lowest BCUT2D eigenvalue weighted by Gasteiger charge is -2.31. The van der Waals surface area contributed by atoms with Gasteiger partial charge in [-0.3, -0.25) is 4.79 Å². The molecule has 0 aliphatic carbocycles. The Morgan fingerprint density at radius 1 is 1.11 bits per heavy atom. The molecule has 2 aromatic rings. The third kappa shape index (κ3) is 4.29. The zero-order chi connectivity index (χ0) is 19.2. The fraction of sp³-hybridized carbons (Fsp3) is 0.500. The lowest BCUT2D eigenvalue weighted by atomic mass is 10.0. The first-order valence-corrected chi connectivity index (χ1v) is 9.76. The molecule has 27 heavy (non-hydrogen) atoms. The second-order valence-corrected chi connectivity index (χ2v) is 7.15. The van der Waals surface area contributed by atoms with Crippen LogP contribution in [0, 0.1) is 0 Å². The van der Waals surface area contributed by atoms with Crippen LogP contribution in [0.1, 0.15) is 49.4 Å². The molecule has 5 heteroatoms. The van der Waals surface area contributed by atoms with Gasteiger partial charge < -0.3 is 18.9 Å². The molecular weight excluding hydrogens is 340 g/mol. The summed E-state index contributed by atoms with van der Waals surface area (Å²) >= 11 is 0. The van der Waals surface area contributed by atoms with E-state index < -0.39 is 0 Å².